The van der Waals surface area contributed by atoms with Crippen molar-refractivity contribution >= 4 is 46.8 Å². The van der Waals surface area contributed by atoms with Gasteiger partial charge in [0, 0.05) is 9.79 Å². The lowest BCUT2D eigenvalue weighted by molar-refractivity contribution is -0.139. The first-order valence-corrected chi connectivity index (χ1v) is 14.2. The SMILES string of the molecule is CCOC(=O)/C(N=Nc1ccccc1SCCCSc1ccccc1N=N/C(C(=O)OCC)=C(\C)O)=C(\C)O. The van der Waals surface area contributed by atoms with Crippen LogP contribution < -0.4 is 0 Å². The maximum atomic E-state index is 12.0. The van der Waals surface area contributed by atoms with Gasteiger partial charge in [-0.15, -0.1) is 44.0 Å². The van der Waals surface area contributed by atoms with Crippen molar-refractivity contribution < 1.29 is 29.3 Å². The largest absolute Gasteiger partial charge is 0.510 e. The first-order chi connectivity index (χ1) is 18.8. The third kappa shape index (κ3) is 10.6. The van der Waals surface area contributed by atoms with Crippen LogP contribution >= 0.6 is 23.5 Å². The van der Waals surface area contributed by atoms with Gasteiger partial charge in [0.2, 0.25) is 11.4 Å². The van der Waals surface area contributed by atoms with Gasteiger partial charge in [-0.3, -0.25) is 0 Å². The molecule has 0 aliphatic carbocycles. The molecule has 0 unspecified atom stereocenters. The number of esters is 2. The lowest BCUT2D eigenvalue weighted by Crippen LogP contribution is -2.07. The summed E-state index contributed by atoms with van der Waals surface area (Å²) >= 11 is 3.20. The fourth-order valence-corrected chi connectivity index (χ4v) is 4.94. The number of benzene rings is 2. The first kappa shape index (κ1) is 31.6. The van der Waals surface area contributed by atoms with E-state index in [1.807, 2.05) is 36.4 Å². The molecule has 0 aromatic heterocycles. The van der Waals surface area contributed by atoms with Gasteiger partial charge >= 0.3 is 11.9 Å². The third-order valence-electron chi connectivity index (χ3n) is 4.67. The number of carbonyl (C=O) groups excluding carboxylic acids is 2. The molecule has 0 radical (unpaired) electrons. The number of azo groups is 2. The van der Waals surface area contributed by atoms with Crippen molar-refractivity contribution in [1.82, 2.24) is 0 Å². The van der Waals surface area contributed by atoms with E-state index >= 15 is 0 Å². The standard InChI is InChI=1S/C27H32N4O6S2/c1-5-36-26(34)24(18(3)32)30-28-20-12-7-9-14-22(20)38-16-11-17-39-23-15-10-8-13-21(23)29-31-25(19(4)33)27(35)37-6-2/h7-10,12-15,32-33H,5-6,11,16-17H2,1-4H3/b24-18-,25-19+,30-28?,31-29?. The van der Waals surface area contributed by atoms with E-state index in [1.54, 1.807) is 49.5 Å². The van der Waals surface area contributed by atoms with Crippen molar-refractivity contribution in [3.05, 3.63) is 71.4 Å². The molecule has 2 N–H and O–H groups in total. The fourth-order valence-electron chi connectivity index (χ4n) is 2.88. The second-order valence-electron chi connectivity index (χ2n) is 7.69. The number of aliphatic hydroxyl groups excluding tert-OH is 2. The molecule has 0 aliphatic heterocycles. The van der Waals surface area contributed by atoms with Crippen molar-refractivity contribution in [3.8, 4) is 0 Å². The van der Waals surface area contributed by atoms with Gasteiger partial charge in [-0.25, -0.2) is 9.59 Å². The number of allylic oxidation sites excluding steroid dienone is 2. The van der Waals surface area contributed by atoms with Gasteiger partial charge in [0.15, 0.2) is 0 Å². The van der Waals surface area contributed by atoms with E-state index in [0.29, 0.717) is 11.4 Å². The monoisotopic (exact) mass is 572 g/mol. The Morgan fingerprint density at radius 2 is 1.10 bits per heavy atom. The molecule has 0 spiro atoms. The predicted molar refractivity (Wildman–Crippen MR) is 152 cm³/mol. The minimum atomic E-state index is -0.733. The Bertz CT molecular complexity index is 1160. The molecule has 0 aliphatic rings. The summed E-state index contributed by atoms with van der Waals surface area (Å²) in [7, 11) is 0. The highest BCUT2D eigenvalue weighted by atomic mass is 32.2. The average molecular weight is 573 g/mol. The first-order valence-electron chi connectivity index (χ1n) is 12.2. The van der Waals surface area contributed by atoms with Crippen molar-refractivity contribution in [2.75, 3.05) is 24.7 Å². The molecule has 0 atom stereocenters. The number of carbonyl (C=O) groups is 2. The number of hydrogen-bond donors (Lipinski definition) is 2. The number of ether oxygens (including phenoxy) is 2. The van der Waals surface area contributed by atoms with Gasteiger partial charge in [-0.05, 0) is 69.9 Å². The number of nitrogens with zero attached hydrogens (tertiary/aromatic N) is 4. The normalized spacial score (nSPS) is 12.8. The molecule has 2 rings (SSSR count). The van der Waals surface area contributed by atoms with Gasteiger partial charge in [-0.1, -0.05) is 24.3 Å². The summed E-state index contributed by atoms with van der Waals surface area (Å²) in [6.07, 6.45) is 0.861. The van der Waals surface area contributed by atoms with Crippen molar-refractivity contribution in [2.45, 2.75) is 43.9 Å². The van der Waals surface area contributed by atoms with E-state index in [4.69, 9.17) is 9.47 Å². The van der Waals surface area contributed by atoms with Crippen LogP contribution in [0.3, 0.4) is 0 Å². The summed E-state index contributed by atoms with van der Waals surface area (Å²) < 4.78 is 9.83. The smallest absolute Gasteiger partial charge is 0.362 e. The zero-order valence-corrected chi connectivity index (χ0v) is 23.9. The predicted octanol–water partition coefficient (Wildman–Crippen LogP) is 7.83. The van der Waals surface area contributed by atoms with Gasteiger partial charge in [-0.2, -0.15) is 0 Å². The molecule has 0 bridgehead atoms. The van der Waals surface area contributed by atoms with E-state index in [0.717, 1.165) is 27.7 Å². The molecule has 0 amide bonds. The average Bonchev–Trinajstić information content (AvgIpc) is 2.90. The Morgan fingerprint density at radius 1 is 0.718 bits per heavy atom. The van der Waals surface area contributed by atoms with Crippen molar-refractivity contribution in [1.29, 1.82) is 0 Å². The Balaban J connectivity index is 1.99. The second-order valence-corrected chi connectivity index (χ2v) is 9.97. The number of aliphatic hydroxyl groups is 2. The zero-order valence-electron chi connectivity index (χ0n) is 22.3. The van der Waals surface area contributed by atoms with Crippen molar-refractivity contribution in [2.24, 2.45) is 20.5 Å². The zero-order chi connectivity index (χ0) is 28.6. The quantitative estimate of drug-likeness (QED) is 0.0582. The fraction of sp³-hybridized carbons (Fsp3) is 0.333. The molecule has 10 nitrogen and oxygen atoms in total. The van der Waals surface area contributed by atoms with Gasteiger partial charge in [0.25, 0.3) is 0 Å². The van der Waals surface area contributed by atoms with E-state index in [2.05, 4.69) is 20.5 Å². The van der Waals surface area contributed by atoms with E-state index in [9.17, 15) is 19.8 Å². The van der Waals surface area contributed by atoms with E-state index < -0.39 is 11.9 Å². The van der Waals surface area contributed by atoms with Crippen LogP contribution in [-0.2, 0) is 19.1 Å². The Hall–Kier alpha value is -3.64. The van der Waals surface area contributed by atoms with Crippen molar-refractivity contribution in [3.63, 3.8) is 0 Å². The maximum absolute atomic E-state index is 12.0. The van der Waals surface area contributed by atoms with Crippen LogP contribution in [-0.4, -0.2) is 46.9 Å². The molecule has 2 aromatic rings. The van der Waals surface area contributed by atoms with Crippen LogP contribution in [0.1, 0.15) is 34.1 Å². The van der Waals surface area contributed by atoms with E-state index in [-0.39, 0.29) is 36.1 Å². The number of hydrogen-bond acceptors (Lipinski definition) is 12. The molecule has 2 aromatic carbocycles. The molecular weight excluding hydrogens is 540 g/mol. The Labute approximate surface area is 236 Å². The highest BCUT2D eigenvalue weighted by molar-refractivity contribution is 8.00. The summed E-state index contributed by atoms with van der Waals surface area (Å²) in [5, 5.41) is 35.7. The maximum Gasteiger partial charge on any atom is 0.362 e. The van der Waals surface area contributed by atoms with Crippen LogP contribution in [0.4, 0.5) is 11.4 Å². The molecule has 0 saturated carbocycles. The minimum absolute atomic E-state index is 0.164. The summed E-state index contributed by atoms with van der Waals surface area (Å²) in [4.78, 5) is 25.7. The minimum Gasteiger partial charge on any atom is -0.510 e. The summed E-state index contributed by atoms with van der Waals surface area (Å²) in [5.74, 6) is -0.409. The molecule has 39 heavy (non-hydrogen) atoms. The molecule has 0 heterocycles. The van der Waals surface area contributed by atoms with Crippen LogP contribution in [0.2, 0.25) is 0 Å². The van der Waals surface area contributed by atoms with Gasteiger partial charge in [0.05, 0.1) is 24.6 Å². The number of thioether (sulfide) groups is 2. The van der Waals surface area contributed by atoms with Crippen LogP contribution in [0.5, 0.6) is 0 Å². The Kier molecular flexibility index (Phi) is 13.8. The van der Waals surface area contributed by atoms with Gasteiger partial charge < -0.3 is 19.7 Å². The second kappa shape index (κ2) is 17.0. The third-order valence-corrected chi connectivity index (χ3v) is 6.97. The van der Waals surface area contributed by atoms with Crippen LogP contribution in [0.25, 0.3) is 0 Å². The number of rotatable bonds is 14. The molecule has 12 heteroatoms. The summed E-state index contributed by atoms with van der Waals surface area (Å²) in [6.45, 7) is 6.38. The highest BCUT2D eigenvalue weighted by Crippen LogP contribution is 2.33. The van der Waals surface area contributed by atoms with E-state index in [1.165, 1.54) is 13.8 Å². The van der Waals surface area contributed by atoms with Crippen LogP contribution in [0.15, 0.2) is 102 Å². The highest BCUT2D eigenvalue weighted by Gasteiger charge is 2.15. The lowest BCUT2D eigenvalue weighted by atomic mass is 10.3. The summed E-state index contributed by atoms with van der Waals surface area (Å²) in [6, 6.07) is 14.8. The topological polar surface area (TPSA) is 142 Å². The molecular formula is C27H32N4O6S2. The van der Waals surface area contributed by atoms with Gasteiger partial charge in [0.1, 0.15) is 11.5 Å². The van der Waals surface area contributed by atoms with Crippen LogP contribution in [0, 0.1) is 0 Å². The Morgan fingerprint density at radius 3 is 1.46 bits per heavy atom. The molecule has 0 saturated heterocycles. The summed E-state index contributed by atoms with van der Waals surface area (Å²) in [5.41, 5.74) is 0.688. The molecule has 0 fully saturated rings. The molecule has 208 valence electrons. The lowest BCUT2D eigenvalue weighted by Gasteiger charge is -2.07.